The molecule has 10 aromatic carbocycles. The molecule has 0 saturated carbocycles. The van der Waals surface area contributed by atoms with Crippen LogP contribution in [0.2, 0.25) is 0 Å². The van der Waals surface area contributed by atoms with E-state index in [9.17, 15) is 0 Å². The molecule has 1 aliphatic carbocycles. The van der Waals surface area contributed by atoms with Gasteiger partial charge in [0.25, 0.3) is 0 Å². The number of ether oxygens (including phenoxy) is 1. The van der Waals surface area contributed by atoms with Gasteiger partial charge in [0.05, 0.1) is 16.5 Å². The van der Waals surface area contributed by atoms with Crippen molar-refractivity contribution in [2.24, 2.45) is 0 Å². The normalized spacial score (nSPS) is 13.3. The molecular weight excluding hydrogens is 731 g/mol. The molecule has 0 fully saturated rings. The molecule has 60 heavy (non-hydrogen) atoms. The van der Waals surface area contributed by atoms with Crippen molar-refractivity contribution in [1.82, 2.24) is 0 Å². The topological polar surface area (TPSA) is 25.6 Å². The molecule has 1 aliphatic heterocycles. The summed E-state index contributed by atoms with van der Waals surface area (Å²) in [7, 11) is 0. The van der Waals surface area contributed by atoms with Crippen molar-refractivity contribution in [3.8, 4) is 33.8 Å². The molecule has 1 spiro atoms. The average Bonchev–Trinajstić information content (AvgIpc) is 3.84. The Labute approximate surface area is 347 Å². The SMILES string of the molecule is c1ccc(N(c2cccc(-c3cccc4c3-c3ccccc3C43c4ccc5ccccc5c4Oc4c3ccc3ccccc43)c2)c2cccc3oc4ccccc4c23)cc1. The van der Waals surface area contributed by atoms with Crippen LogP contribution in [0.25, 0.3) is 65.7 Å². The summed E-state index contributed by atoms with van der Waals surface area (Å²) in [6, 6.07) is 76.7. The molecule has 0 amide bonds. The first-order valence-electron chi connectivity index (χ1n) is 20.6. The predicted octanol–water partition coefficient (Wildman–Crippen LogP) is 15.5. The van der Waals surface area contributed by atoms with Crippen molar-refractivity contribution in [2.75, 3.05) is 4.90 Å². The van der Waals surface area contributed by atoms with Crippen molar-refractivity contribution in [2.45, 2.75) is 5.41 Å². The van der Waals surface area contributed by atoms with Gasteiger partial charge in [-0.05, 0) is 86.6 Å². The van der Waals surface area contributed by atoms with Crippen LogP contribution in [0.4, 0.5) is 17.1 Å². The van der Waals surface area contributed by atoms with Crippen LogP contribution < -0.4 is 9.64 Å². The Balaban J connectivity index is 1.08. The molecule has 1 aromatic heterocycles. The Hall–Kier alpha value is -7.88. The van der Waals surface area contributed by atoms with Crippen molar-refractivity contribution in [3.63, 3.8) is 0 Å². The van der Waals surface area contributed by atoms with Crippen LogP contribution >= 0.6 is 0 Å². The van der Waals surface area contributed by atoms with Gasteiger partial charge in [0.2, 0.25) is 0 Å². The van der Waals surface area contributed by atoms with Gasteiger partial charge in [-0.2, -0.15) is 0 Å². The Kier molecular flexibility index (Phi) is 6.93. The summed E-state index contributed by atoms with van der Waals surface area (Å²) >= 11 is 0. The molecule has 0 N–H and O–H groups in total. The third-order valence-corrected chi connectivity index (χ3v) is 12.9. The Bertz CT molecular complexity index is 3460. The minimum Gasteiger partial charge on any atom is -0.456 e. The second-order valence-corrected chi connectivity index (χ2v) is 15.9. The lowest BCUT2D eigenvalue weighted by atomic mass is 9.65. The quantitative estimate of drug-likeness (QED) is 0.178. The first-order valence-corrected chi connectivity index (χ1v) is 20.6. The van der Waals surface area contributed by atoms with E-state index in [4.69, 9.17) is 9.15 Å². The fourth-order valence-corrected chi connectivity index (χ4v) is 10.5. The van der Waals surface area contributed by atoms with Crippen molar-refractivity contribution in [1.29, 1.82) is 0 Å². The Morgan fingerprint density at radius 1 is 0.383 bits per heavy atom. The van der Waals surface area contributed by atoms with Gasteiger partial charge in [-0.25, -0.2) is 0 Å². The van der Waals surface area contributed by atoms with Gasteiger partial charge in [0.15, 0.2) is 0 Å². The summed E-state index contributed by atoms with van der Waals surface area (Å²) < 4.78 is 13.6. The van der Waals surface area contributed by atoms with E-state index in [0.717, 1.165) is 88.7 Å². The summed E-state index contributed by atoms with van der Waals surface area (Å²) in [6.45, 7) is 0. The molecule has 0 radical (unpaired) electrons. The highest BCUT2D eigenvalue weighted by Crippen LogP contribution is 2.65. The van der Waals surface area contributed by atoms with E-state index in [0.29, 0.717) is 0 Å². The second-order valence-electron chi connectivity index (χ2n) is 15.9. The second kappa shape index (κ2) is 12.6. The van der Waals surface area contributed by atoms with Gasteiger partial charge in [0.1, 0.15) is 22.7 Å². The van der Waals surface area contributed by atoms with Gasteiger partial charge in [-0.1, -0.05) is 170 Å². The summed E-state index contributed by atoms with van der Waals surface area (Å²) in [5.74, 6) is 1.85. The molecule has 3 heteroatoms. The van der Waals surface area contributed by atoms with E-state index in [1.54, 1.807) is 0 Å². The van der Waals surface area contributed by atoms with Gasteiger partial charge in [0, 0.05) is 38.7 Å². The van der Waals surface area contributed by atoms with Crippen molar-refractivity contribution >= 4 is 60.5 Å². The van der Waals surface area contributed by atoms with Crippen LogP contribution in [0, 0.1) is 0 Å². The summed E-state index contributed by atoms with van der Waals surface area (Å²) in [5, 5.41) is 6.74. The fraction of sp³-hybridized carbons (Fsp3) is 0.0175. The van der Waals surface area contributed by atoms with Gasteiger partial charge < -0.3 is 14.1 Å². The first-order chi connectivity index (χ1) is 29.8. The highest BCUT2D eigenvalue weighted by Gasteiger charge is 2.52. The number of fused-ring (bicyclic) bond motifs is 16. The lowest BCUT2D eigenvalue weighted by molar-refractivity contribution is 0.447. The lowest BCUT2D eigenvalue weighted by Gasteiger charge is -2.40. The fourth-order valence-electron chi connectivity index (χ4n) is 10.5. The number of furan rings is 1. The monoisotopic (exact) mass is 765 g/mol. The molecule has 0 bridgehead atoms. The number of hydrogen-bond acceptors (Lipinski definition) is 3. The van der Waals surface area contributed by atoms with Crippen LogP contribution in [0.1, 0.15) is 22.3 Å². The van der Waals surface area contributed by atoms with Crippen molar-refractivity contribution in [3.05, 3.63) is 235 Å². The Morgan fingerprint density at radius 2 is 0.967 bits per heavy atom. The highest BCUT2D eigenvalue weighted by atomic mass is 16.5. The maximum absolute atomic E-state index is 7.20. The molecule has 13 rings (SSSR count). The Morgan fingerprint density at radius 3 is 1.75 bits per heavy atom. The number of benzene rings is 10. The minimum atomic E-state index is -0.620. The van der Waals surface area contributed by atoms with Gasteiger partial charge in [-0.15, -0.1) is 0 Å². The number of para-hydroxylation sites is 2. The molecule has 280 valence electrons. The van der Waals surface area contributed by atoms with Crippen LogP contribution in [0.3, 0.4) is 0 Å². The molecule has 3 nitrogen and oxygen atoms in total. The predicted molar refractivity (Wildman–Crippen MR) is 246 cm³/mol. The summed E-state index contributed by atoms with van der Waals surface area (Å²) in [5.41, 5.74) is 14.0. The van der Waals surface area contributed by atoms with E-state index in [-0.39, 0.29) is 0 Å². The number of anilines is 3. The van der Waals surface area contributed by atoms with Gasteiger partial charge >= 0.3 is 0 Å². The smallest absolute Gasteiger partial charge is 0.140 e. The molecule has 11 aromatic rings. The zero-order valence-electron chi connectivity index (χ0n) is 32.5. The highest BCUT2D eigenvalue weighted by molar-refractivity contribution is 6.13. The maximum Gasteiger partial charge on any atom is 0.140 e. The third kappa shape index (κ3) is 4.49. The summed E-state index contributed by atoms with van der Waals surface area (Å²) in [4.78, 5) is 2.37. The zero-order chi connectivity index (χ0) is 39.4. The van der Waals surface area contributed by atoms with E-state index in [1.165, 1.54) is 27.8 Å². The molecule has 0 atom stereocenters. The van der Waals surface area contributed by atoms with Crippen LogP contribution in [-0.4, -0.2) is 0 Å². The molecule has 2 heterocycles. The summed E-state index contributed by atoms with van der Waals surface area (Å²) in [6.07, 6.45) is 0. The van der Waals surface area contributed by atoms with E-state index in [1.807, 2.05) is 12.1 Å². The molecule has 2 aliphatic rings. The van der Waals surface area contributed by atoms with Crippen molar-refractivity contribution < 1.29 is 9.15 Å². The third-order valence-electron chi connectivity index (χ3n) is 12.9. The molecule has 0 unspecified atom stereocenters. The number of nitrogens with zero attached hydrogens (tertiary/aromatic N) is 1. The van der Waals surface area contributed by atoms with E-state index < -0.39 is 5.41 Å². The zero-order valence-corrected chi connectivity index (χ0v) is 32.5. The average molecular weight is 766 g/mol. The number of hydrogen-bond donors (Lipinski definition) is 0. The maximum atomic E-state index is 7.20. The minimum absolute atomic E-state index is 0.620. The molecule has 0 saturated heterocycles. The van der Waals surface area contributed by atoms with Crippen LogP contribution in [-0.2, 0) is 5.41 Å². The largest absolute Gasteiger partial charge is 0.456 e. The standard InChI is InChI=1S/C57H35NO2/c1-2-18-39(19-3-1)58(50-28-14-30-52-54(50)45-24-9-11-29-51(45)59-52)40-20-12-17-38(35-40)41-25-13-27-47-53(41)44-23-8-10-26-46(44)57(47)48-33-31-36-15-4-6-21-42(36)55(48)60-56-43-22-7-5-16-37(43)32-34-49(56)57/h1-35H. The van der Waals surface area contributed by atoms with E-state index in [2.05, 4.69) is 205 Å². The van der Waals surface area contributed by atoms with Crippen LogP contribution in [0.5, 0.6) is 11.5 Å². The number of rotatable bonds is 4. The molecular formula is C57H35NO2. The lowest BCUT2D eigenvalue weighted by Crippen LogP contribution is -2.32. The van der Waals surface area contributed by atoms with Gasteiger partial charge in [-0.3, -0.25) is 0 Å². The van der Waals surface area contributed by atoms with Crippen LogP contribution in [0.15, 0.2) is 217 Å². The first kappa shape index (κ1) is 33.1. The van der Waals surface area contributed by atoms with E-state index >= 15 is 0 Å².